The van der Waals surface area contributed by atoms with E-state index in [1.165, 1.54) is 0 Å². The van der Waals surface area contributed by atoms with Gasteiger partial charge in [-0.3, -0.25) is 5.01 Å². The minimum atomic E-state index is -0.337. The standard InChI is InChI=1S/C20H14Cl2N4/c21-14-5-3-6-15(22)18(14)19-13-10-25-20-17(13)12(8-9-24-20)11-4-1-2-7-16(11)26(19)23/h1-10,19H,23H2,(H,24,25). The fraction of sp³-hybridized carbons (Fsp3) is 0.0500. The Balaban J connectivity index is 1.93. The van der Waals surface area contributed by atoms with Crippen molar-refractivity contribution in [3.8, 4) is 11.1 Å². The van der Waals surface area contributed by atoms with Crippen LogP contribution in [0.2, 0.25) is 10.0 Å². The summed E-state index contributed by atoms with van der Waals surface area (Å²) in [5, 5.41) is 3.94. The van der Waals surface area contributed by atoms with Crippen LogP contribution in [-0.2, 0) is 0 Å². The highest BCUT2D eigenvalue weighted by atomic mass is 35.5. The van der Waals surface area contributed by atoms with Gasteiger partial charge in [-0.15, -0.1) is 0 Å². The van der Waals surface area contributed by atoms with E-state index in [0.717, 1.165) is 39.0 Å². The topological polar surface area (TPSA) is 57.9 Å². The van der Waals surface area contributed by atoms with Crippen molar-refractivity contribution < 1.29 is 0 Å². The van der Waals surface area contributed by atoms with Gasteiger partial charge in [0.2, 0.25) is 0 Å². The number of rotatable bonds is 1. The van der Waals surface area contributed by atoms with Crippen LogP contribution in [0.3, 0.4) is 0 Å². The average molecular weight is 381 g/mol. The van der Waals surface area contributed by atoms with Gasteiger partial charge in [-0.25, -0.2) is 10.8 Å². The number of hydrazine groups is 1. The van der Waals surface area contributed by atoms with Gasteiger partial charge in [0.25, 0.3) is 0 Å². The Morgan fingerprint density at radius 3 is 2.54 bits per heavy atom. The van der Waals surface area contributed by atoms with Crippen LogP contribution in [-0.4, -0.2) is 9.97 Å². The van der Waals surface area contributed by atoms with E-state index < -0.39 is 0 Å². The van der Waals surface area contributed by atoms with Crippen molar-refractivity contribution in [2.45, 2.75) is 6.04 Å². The van der Waals surface area contributed by atoms with Crippen LogP contribution in [0.4, 0.5) is 5.69 Å². The van der Waals surface area contributed by atoms with E-state index in [-0.39, 0.29) is 6.04 Å². The molecule has 1 aliphatic heterocycles. The molecule has 0 radical (unpaired) electrons. The first kappa shape index (κ1) is 15.7. The molecular formula is C20H14Cl2N4. The van der Waals surface area contributed by atoms with Gasteiger partial charge in [0.05, 0.1) is 5.69 Å². The summed E-state index contributed by atoms with van der Waals surface area (Å²) in [6.45, 7) is 0. The lowest BCUT2D eigenvalue weighted by atomic mass is 9.96. The summed E-state index contributed by atoms with van der Waals surface area (Å²) in [6, 6.07) is 15.2. The van der Waals surface area contributed by atoms with Gasteiger partial charge in [-0.1, -0.05) is 47.5 Å². The number of aromatic nitrogens is 2. The third-order valence-electron chi connectivity index (χ3n) is 4.92. The number of para-hydroxylation sites is 1. The molecule has 5 rings (SSSR count). The summed E-state index contributed by atoms with van der Waals surface area (Å²) >= 11 is 13.1. The molecule has 2 aromatic heterocycles. The first-order chi connectivity index (χ1) is 12.7. The number of aromatic amines is 1. The quantitative estimate of drug-likeness (QED) is 0.439. The molecule has 4 nitrogen and oxygen atoms in total. The number of nitrogens with one attached hydrogen (secondary N) is 1. The number of nitrogens with zero attached hydrogens (tertiary/aromatic N) is 2. The smallest absolute Gasteiger partial charge is 0.138 e. The summed E-state index contributed by atoms with van der Waals surface area (Å²) in [7, 11) is 0. The highest BCUT2D eigenvalue weighted by Crippen LogP contribution is 2.48. The molecule has 0 fully saturated rings. The second-order valence-corrected chi connectivity index (χ2v) is 7.10. The largest absolute Gasteiger partial charge is 0.346 e. The molecule has 3 N–H and O–H groups in total. The zero-order chi connectivity index (χ0) is 17.8. The first-order valence-electron chi connectivity index (χ1n) is 8.20. The van der Waals surface area contributed by atoms with Crippen LogP contribution >= 0.6 is 23.2 Å². The second kappa shape index (κ2) is 5.74. The molecule has 3 heterocycles. The second-order valence-electron chi connectivity index (χ2n) is 6.29. The highest BCUT2D eigenvalue weighted by molar-refractivity contribution is 6.36. The Hall–Kier alpha value is -2.53. The van der Waals surface area contributed by atoms with Crippen molar-refractivity contribution in [2.75, 3.05) is 5.01 Å². The first-order valence-corrected chi connectivity index (χ1v) is 8.95. The van der Waals surface area contributed by atoms with Gasteiger partial charge in [0.15, 0.2) is 0 Å². The van der Waals surface area contributed by atoms with Gasteiger partial charge < -0.3 is 4.98 Å². The number of benzene rings is 2. The summed E-state index contributed by atoms with van der Waals surface area (Å²) in [5.74, 6) is 6.66. The van der Waals surface area contributed by atoms with Crippen LogP contribution in [0, 0.1) is 0 Å². The third kappa shape index (κ3) is 2.10. The molecule has 1 aliphatic rings. The van der Waals surface area contributed by atoms with E-state index in [2.05, 4.69) is 16.0 Å². The number of halogens is 2. The van der Waals surface area contributed by atoms with Crippen LogP contribution in [0.15, 0.2) is 60.9 Å². The molecule has 0 spiro atoms. The zero-order valence-corrected chi connectivity index (χ0v) is 15.1. The highest BCUT2D eigenvalue weighted by Gasteiger charge is 2.32. The molecule has 4 aromatic rings. The molecule has 26 heavy (non-hydrogen) atoms. The Labute approximate surface area is 160 Å². The van der Waals surface area contributed by atoms with E-state index in [4.69, 9.17) is 29.0 Å². The summed E-state index contributed by atoms with van der Waals surface area (Å²) < 4.78 is 0. The van der Waals surface area contributed by atoms with Crippen molar-refractivity contribution in [3.05, 3.63) is 82.1 Å². The Morgan fingerprint density at radius 2 is 1.73 bits per heavy atom. The van der Waals surface area contributed by atoms with E-state index in [1.807, 2.05) is 48.7 Å². The Kier molecular flexibility index (Phi) is 3.47. The maximum Gasteiger partial charge on any atom is 0.138 e. The van der Waals surface area contributed by atoms with Crippen molar-refractivity contribution in [1.82, 2.24) is 9.97 Å². The minimum absolute atomic E-state index is 0.337. The summed E-state index contributed by atoms with van der Waals surface area (Å²) in [4.78, 5) is 7.73. The number of hydrogen-bond acceptors (Lipinski definition) is 3. The lowest BCUT2D eigenvalue weighted by Crippen LogP contribution is -2.36. The van der Waals surface area contributed by atoms with Gasteiger partial charge in [-0.05, 0) is 29.8 Å². The molecule has 0 aliphatic carbocycles. The van der Waals surface area contributed by atoms with Gasteiger partial charge in [-0.2, -0.15) is 0 Å². The lowest BCUT2D eigenvalue weighted by molar-refractivity contribution is 0.744. The molecule has 1 unspecified atom stereocenters. The molecule has 1 atom stereocenters. The normalized spacial score (nSPS) is 15.8. The monoisotopic (exact) mass is 380 g/mol. The predicted octanol–water partition coefficient (Wildman–Crippen LogP) is 5.32. The third-order valence-corrected chi connectivity index (χ3v) is 5.58. The number of H-pyrrole nitrogens is 1. The van der Waals surface area contributed by atoms with Crippen LogP contribution in [0.5, 0.6) is 0 Å². The fourth-order valence-corrected chi connectivity index (χ4v) is 4.41. The van der Waals surface area contributed by atoms with Crippen LogP contribution in [0.25, 0.3) is 22.2 Å². The predicted molar refractivity (Wildman–Crippen MR) is 107 cm³/mol. The van der Waals surface area contributed by atoms with E-state index in [9.17, 15) is 0 Å². The Bertz CT molecular complexity index is 1130. The van der Waals surface area contributed by atoms with Gasteiger partial charge in [0.1, 0.15) is 11.7 Å². The van der Waals surface area contributed by atoms with Crippen LogP contribution in [0.1, 0.15) is 17.2 Å². The Morgan fingerprint density at radius 1 is 0.962 bits per heavy atom. The number of fused-ring (bicyclic) bond motifs is 2. The van der Waals surface area contributed by atoms with Gasteiger partial charge in [0, 0.05) is 44.5 Å². The van der Waals surface area contributed by atoms with Crippen molar-refractivity contribution >= 4 is 39.9 Å². The summed E-state index contributed by atoms with van der Waals surface area (Å²) in [6.07, 6.45) is 3.75. The number of hydrogen-bond donors (Lipinski definition) is 2. The molecule has 0 amide bonds. The molecular weight excluding hydrogens is 367 g/mol. The number of anilines is 1. The fourth-order valence-electron chi connectivity index (χ4n) is 3.80. The lowest BCUT2D eigenvalue weighted by Gasteiger charge is -2.30. The SMILES string of the molecule is NN1c2ccccc2-c2ccnc3[nH]cc(c23)C1c1c(Cl)cccc1Cl. The maximum absolute atomic E-state index is 6.66. The van der Waals surface area contributed by atoms with Gasteiger partial charge >= 0.3 is 0 Å². The molecule has 0 bridgehead atoms. The molecule has 128 valence electrons. The zero-order valence-electron chi connectivity index (χ0n) is 13.6. The molecule has 0 saturated carbocycles. The van der Waals surface area contributed by atoms with E-state index >= 15 is 0 Å². The molecule has 0 saturated heterocycles. The molecule has 2 aromatic carbocycles. The van der Waals surface area contributed by atoms with Crippen molar-refractivity contribution in [1.29, 1.82) is 0 Å². The minimum Gasteiger partial charge on any atom is -0.346 e. The van der Waals surface area contributed by atoms with E-state index in [1.54, 1.807) is 11.2 Å². The van der Waals surface area contributed by atoms with Crippen LogP contribution < -0.4 is 10.9 Å². The van der Waals surface area contributed by atoms with E-state index in [0.29, 0.717) is 10.0 Å². The molecule has 6 heteroatoms. The maximum atomic E-state index is 6.66. The van der Waals surface area contributed by atoms with Crippen molar-refractivity contribution in [2.24, 2.45) is 5.84 Å². The summed E-state index contributed by atoms with van der Waals surface area (Å²) in [5.41, 5.74) is 5.65. The van der Waals surface area contributed by atoms with Crippen molar-refractivity contribution in [3.63, 3.8) is 0 Å². The average Bonchev–Trinajstić information content (AvgIpc) is 3.04. The number of pyridine rings is 1. The number of nitrogens with two attached hydrogens (primary N) is 1.